The Labute approximate surface area is 91.9 Å². The molecular weight excluding hydrogens is 218 g/mol. The molecule has 0 atom stereocenters. The number of carboxylic acids is 1. The van der Waals surface area contributed by atoms with Gasteiger partial charge in [0.15, 0.2) is 0 Å². The highest BCUT2D eigenvalue weighted by Gasteiger charge is 2.10. The molecule has 80 valence electrons. The van der Waals surface area contributed by atoms with E-state index in [2.05, 4.69) is 5.32 Å². The zero-order valence-corrected chi connectivity index (χ0v) is 8.84. The van der Waals surface area contributed by atoms with Crippen LogP contribution < -0.4 is 5.32 Å². The average Bonchev–Trinajstić information content (AvgIpc) is 2.18. The molecule has 15 heavy (non-hydrogen) atoms. The van der Waals surface area contributed by atoms with Crippen molar-refractivity contribution in [2.75, 3.05) is 6.54 Å². The van der Waals surface area contributed by atoms with Crippen molar-refractivity contribution in [3.63, 3.8) is 0 Å². The third-order valence-electron chi connectivity index (χ3n) is 1.77. The van der Waals surface area contributed by atoms with Gasteiger partial charge in [-0.3, -0.25) is 9.59 Å². The summed E-state index contributed by atoms with van der Waals surface area (Å²) in [6.07, 6.45) is 0. The van der Waals surface area contributed by atoms with E-state index >= 15 is 0 Å². The highest BCUT2D eigenvalue weighted by Crippen LogP contribution is 2.16. The third-order valence-corrected chi connectivity index (χ3v) is 2.10. The van der Waals surface area contributed by atoms with Crippen molar-refractivity contribution in [3.8, 4) is 0 Å². The van der Waals surface area contributed by atoms with Gasteiger partial charge in [0, 0.05) is 0 Å². The number of amides is 1. The molecule has 0 aliphatic carbocycles. The SMILES string of the molecule is Cc1ccc(Cl)c(C(=O)NCC(=O)O)c1. The van der Waals surface area contributed by atoms with Crippen LogP contribution in [0, 0.1) is 6.92 Å². The number of halogens is 1. The van der Waals surface area contributed by atoms with Crippen LogP contribution in [0.25, 0.3) is 0 Å². The lowest BCUT2D eigenvalue weighted by Gasteiger charge is -2.05. The molecule has 0 unspecified atom stereocenters. The molecule has 0 radical (unpaired) electrons. The number of carbonyl (C=O) groups is 2. The van der Waals surface area contributed by atoms with Crippen LogP contribution in [0.1, 0.15) is 15.9 Å². The number of carboxylic acid groups (broad SMARTS) is 1. The fourth-order valence-corrected chi connectivity index (χ4v) is 1.27. The summed E-state index contributed by atoms with van der Waals surface area (Å²) >= 11 is 5.80. The summed E-state index contributed by atoms with van der Waals surface area (Å²) in [6, 6.07) is 4.99. The lowest BCUT2D eigenvalue weighted by molar-refractivity contribution is -0.135. The van der Waals surface area contributed by atoms with Gasteiger partial charge in [0.25, 0.3) is 5.91 Å². The molecular formula is C10H10ClNO3. The molecule has 1 amide bonds. The Balaban J connectivity index is 2.81. The number of rotatable bonds is 3. The van der Waals surface area contributed by atoms with E-state index in [1.165, 1.54) is 0 Å². The van der Waals surface area contributed by atoms with Crippen LogP contribution in [0.3, 0.4) is 0 Å². The highest BCUT2D eigenvalue weighted by atomic mass is 35.5. The van der Waals surface area contributed by atoms with Crippen LogP contribution in [-0.4, -0.2) is 23.5 Å². The van der Waals surface area contributed by atoms with Gasteiger partial charge in [0.1, 0.15) is 6.54 Å². The second-order valence-corrected chi connectivity index (χ2v) is 3.47. The number of hydrogen-bond acceptors (Lipinski definition) is 2. The predicted molar refractivity (Wildman–Crippen MR) is 56.2 cm³/mol. The molecule has 0 heterocycles. The molecule has 0 fully saturated rings. The summed E-state index contributed by atoms with van der Waals surface area (Å²) < 4.78 is 0. The lowest BCUT2D eigenvalue weighted by atomic mass is 10.1. The molecule has 4 nitrogen and oxygen atoms in total. The summed E-state index contributed by atoms with van der Waals surface area (Å²) in [5, 5.41) is 10.9. The van der Waals surface area contributed by atoms with Crippen LogP contribution in [0.4, 0.5) is 0 Å². The molecule has 0 aromatic heterocycles. The van der Waals surface area contributed by atoms with E-state index in [1.807, 2.05) is 6.92 Å². The van der Waals surface area contributed by atoms with Gasteiger partial charge in [-0.15, -0.1) is 0 Å². The van der Waals surface area contributed by atoms with Crippen molar-refractivity contribution in [1.82, 2.24) is 5.32 Å². The minimum Gasteiger partial charge on any atom is -0.480 e. The maximum Gasteiger partial charge on any atom is 0.322 e. The van der Waals surface area contributed by atoms with E-state index in [-0.39, 0.29) is 5.56 Å². The molecule has 5 heteroatoms. The molecule has 0 bridgehead atoms. The molecule has 0 saturated carbocycles. The summed E-state index contributed by atoms with van der Waals surface area (Å²) in [5.74, 6) is -1.57. The van der Waals surface area contributed by atoms with E-state index in [0.29, 0.717) is 5.02 Å². The van der Waals surface area contributed by atoms with E-state index in [4.69, 9.17) is 16.7 Å². The maximum absolute atomic E-state index is 11.5. The van der Waals surface area contributed by atoms with Gasteiger partial charge >= 0.3 is 5.97 Å². The fraction of sp³-hybridized carbons (Fsp3) is 0.200. The van der Waals surface area contributed by atoms with Gasteiger partial charge in [-0.2, -0.15) is 0 Å². The normalized spacial score (nSPS) is 9.73. The van der Waals surface area contributed by atoms with E-state index in [1.54, 1.807) is 18.2 Å². The van der Waals surface area contributed by atoms with Gasteiger partial charge < -0.3 is 10.4 Å². The Bertz CT molecular complexity index is 404. The predicted octanol–water partition coefficient (Wildman–Crippen LogP) is 1.46. The van der Waals surface area contributed by atoms with Crippen molar-refractivity contribution >= 4 is 23.5 Å². The van der Waals surface area contributed by atoms with Crippen LogP contribution in [0.15, 0.2) is 18.2 Å². The quantitative estimate of drug-likeness (QED) is 0.822. The van der Waals surface area contributed by atoms with Gasteiger partial charge in [-0.25, -0.2) is 0 Å². The molecule has 1 rings (SSSR count). The molecule has 0 saturated heterocycles. The fourth-order valence-electron chi connectivity index (χ4n) is 1.06. The van der Waals surface area contributed by atoms with E-state index in [0.717, 1.165) is 5.56 Å². The lowest BCUT2D eigenvalue weighted by Crippen LogP contribution is -2.29. The van der Waals surface area contributed by atoms with Crippen molar-refractivity contribution in [2.24, 2.45) is 0 Å². The maximum atomic E-state index is 11.5. The summed E-state index contributed by atoms with van der Waals surface area (Å²) in [4.78, 5) is 21.7. The smallest absolute Gasteiger partial charge is 0.322 e. The molecule has 1 aromatic rings. The number of nitrogens with one attached hydrogen (secondary N) is 1. The molecule has 0 aliphatic rings. The Morgan fingerprint density at radius 1 is 1.47 bits per heavy atom. The van der Waals surface area contributed by atoms with E-state index < -0.39 is 18.4 Å². The van der Waals surface area contributed by atoms with Crippen molar-refractivity contribution in [2.45, 2.75) is 6.92 Å². The first-order valence-electron chi connectivity index (χ1n) is 4.27. The van der Waals surface area contributed by atoms with Gasteiger partial charge in [-0.05, 0) is 19.1 Å². The second-order valence-electron chi connectivity index (χ2n) is 3.06. The van der Waals surface area contributed by atoms with Crippen LogP contribution in [0.5, 0.6) is 0 Å². The van der Waals surface area contributed by atoms with E-state index in [9.17, 15) is 9.59 Å². The number of benzene rings is 1. The summed E-state index contributed by atoms with van der Waals surface area (Å²) in [7, 11) is 0. The minimum absolute atomic E-state index is 0.290. The Morgan fingerprint density at radius 3 is 2.73 bits per heavy atom. The monoisotopic (exact) mass is 227 g/mol. The standard InChI is InChI=1S/C10H10ClNO3/c1-6-2-3-8(11)7(4-6)10(15)12-5-9(13)14/h2-4H,5H2,1H3,(H,12,15)(H,13,14). The van der Waals surface area contributed by atoms with Crippen molar-refractivity contribution in [1.29, 1.82) is 0 Å². The largest absolute Gasteiger partial charge is 0.480 e. The number of hydrogen-bond donors (Lipinski definition) is 2. The first kappa shape index (κ1) is 11.5. The van der Waals surface area contributed by atoms with Gasteiger partial charge in [0.2, 0.25) is 0 Å². The topological polar surface area (TPSA) is 66.4 Å². The Kier molecular flexibility index (Phi) is 3.68. The van der Waals surface area contributed by atoms with Crippen molar-refractivity contribution < 1.29 is 14.7 Å². The van der Waals surface area contributed by atoms with Crippen LogP contribution >= 0.6 is 11.6 Å². The average molecular weight is 228 g/mol. The first-order valence-corrected chi connectivity index (χ1v) is 4.64. The Hall–Kier alpha value is -1.55. The number of carbonyl (C=O) groups excluding carboxylic acids is 1. The number of aryl methyl sites for hydroxylation is 1. The third kappa shape index (κ3) is 3.25. The second kappa shape index (κ2) is 4.79. The first-order chi connectivity index (χ1) is 7.00. The highest BCUT2D eigenvalue weighted by molar-refractivity contribution is 6.33. The van der Waals surface area contributed by atoms with Crippen LogP contribution in [0.2, 0.25) is 5.02 Å². The summed E-state index contributed by atoms with van der Waals surface area (Å²) in [6.45, 7) is 1.41. The molecule has 0 spiro atoms. The number of aliphatic carboxylic acids is 1. The zero-order chi connectivity index (χ0) is 11.4. The molecule has 0 aliphatic heterocycles. The van der Waals surface area contributed by atoms with Crippen LogP contribution in [-0.2, 0) is 4.79 Å². The Morgan fingerprint density at radius 2 is 2.13 bits per heavy atom. The van der Waals surface area contributed by atoms with Crippen molar-refractivity contribution in [3.05, 3.63) is 34.3 Å². The molecule has 2 N–H and O–H groups in total. The van der Waals surface area contributed by atoms with Gasteiger partial charge in [-0.1, -0.05) is 23.2 Å². The summed E-state index contributed by atoms with van der Waals surface area (Å²) in [5.41, 5.74) is 1.18. The zero-order valence-electron chi connectivity index (χ0n) is 8.08. The molecule has 1 aromatic carbocycles. The van der Waals surface area contributed by atoms with Gasteiger partial charge in [0.05, 0.1) is 10.6 Å². The minimum atomic E-state index is -1.09.